The fraction of sp³-hybridized carbons (Fsp3) is 0.538. The minimum atomic E-state index is 0.839. The van der Waals surface area contributed by atoms with Crippen molar-refractivity contribution < 1.29 is 9.47 Å². The fourth-order valence-corrected chi connectivity index (χ4v) is 1.52. The number of methoxy groups -OCH3 is 1. The molecule has 0 fully saturated rings. The maximum Gasteiger partial charge on any atom is 0.122 e. The monoisotopic (exact) mass is 208 g/mol. The predicted octanol–water partition coefficient (Wildman–Crippen LogP) is 3.05. The summed E-state index contributed by atoms with van der Waals surface area (Å²) in [6.45, 7) is 3.83. The topological polar surface area (TPSA) is 18.5 Å². The smallest absolute Gasteiger partial charge is 0.122 e. The first-order valence-corrected chi connectivity index (χ1v) is 5.58. The Kier molecular flexibility index (Phi) is 5.86. The number of aryl methyl sites for hydroxylation is 1. The van der Waals surface area contributed by atoms with E-state index >= 15 is 0 Å². The van der Waals surface area contributed by atoms with E-state index in [-0.39, 0.29) is 0 Å². The van der Waals surface area contributed by atoms with Crippen LogP contribution < -0.4 is 4.74 Å². The predicted molar refractivity (Wildman–Crippen MR) is 62.4 cm³/mol. The maximum absolute atomic E-state index is 5.44. The largest absolute Gasteiger partial charge is 0.496 e. The van der Waals surface area contributed by atoms with Crippen LogP contribution in [-0.2, 0) is 11.2 Å². The van der Waals surface area contributed by atoms with E-state index in [1.807, 2.05) is 18.2 Å². The van der Waals surface area contributed by atoms with E-state index in [0.29, 0.717) is 0 Å². The zero-order valence-electron chi connectivity index (χ0n) is 9.66. The quantitative estimate of drug-likeness (QED) is 0.641. The molecule has 0 saturated carbocycles. The van der Waals surface area contributed by atoms with Gasteiger partial charge in [-0.25, -0.2) is 0 Å². The van der Waals surface area contributed by atoms with Crippen LogP contribution in [0.1, 0.15) is 25.3 Å². The molecule has 0 radical (unpaired) electrons. The highest BCUT2D eigenvalue weighted by Crippen LogP contribution is 2.18. The third-order valence-corrected chi connectivity index (χ3v) is 2.28. The van der Waals surface area contributed by atoms with Gasteiger partial charge in [-0.15, -0.1) is 0 Å². The molecule has 0 saturated heterocycles. The van der Waals surface area contributed by atoms with E-state index in [4.69, 9.17) is 9.47 Å². The lowest BCUT2D eigenvalue weighted by Gasteiger charge is -2.07. The summed E-state index contributed by atoms with van der Waals surface area (Å²) in [6, 6.07) is 8.15. The van der Waals surface area contributed by atoms with E-state index in [1.54, 1.807) is 7.11 Å². The first-order valence-electron chi connectivity index (χ1n) is 5.58. The molecule has 0 aliphatic rings. The molecule has 2 heteroatoms. The number of hydrogen-bond acceptors (Lipinski definition) is 2. The van der Waals surface area contributed by atoms with Crippen LogP contribution in [0.3, 0.4) is 0 Å². The van der Waals surface area contributed by atoms with Crippen molar-refractivity contribution in [3.63, 3.8) is 0 Å². The van der Waals surface area contributed by atoms with Crippen LogP contribution in [-0.4, -0.2) is 20.3 Å². The average molecular weight is 208 g/mol. The normalized spacial score (nSPS) is 10.3. The molecule has 0 heterocycles. The Morgan fingerprint density at radius 3 is 2.67 bits per heavy atom. The molecule has 0 aromatic heterocycles. The van der Waals surface area contributed by atoms with Crippen molar-refractivity contribution >= 4 is 0 Å². The van der Waals surface area contributed by atoms with Gasteiger partial charge in [0.25, 0.3) is 0 Å². The maximum atomic E-state index is 5.44. The van der Waals surface area contributed by atoms with Crippen LogP contribution in [0.2, 0.25) is 0 Å². The molecule has 84 valence electrons. The molecule has 1 aromatic rings. The van der Waals surface area contributed by atoms with Gasteiger partial charge in [-0.2, -0.15) is 0 Å². The van der Waals surface area contributed by atoms with Gasteiger partial charge in [0, 0.05) is 13.2 Å². The molecule has 0 N–H and O–H groups in total. The third-order valence-electron chi connectivity index (χ3n) is 2.28. The number of hydrogen-bond donors (Lipinski definition) is 0. The van der Waals surface area contributed by atoms with Crippen molar-refractivity contribution in [1.82, 2.24) is 0 Å². The zero-order valence-corrected chi connectivity index (χ0v) is 9.66. The second kappa shape index (κ2) is 7.30. The van der Waals surface area contributed by atoms with Crippen molar-refractivity contribution in [2.45, 2.75) is 26.2 Å². The van der Waals surface area contributed by atoms with Gasteiger partial charge in [0.05, 0.1) is 7.11 Å². The first-order chi connectivity index (χ1) is 7.38. The summed E-state index contributed by atoms with van der Waals surface area (Å²) >= 11 is 0. The lowest BCUT2D eigenvalue weighted by atomic mass is 10.1. The Morgan fingerprint density at radius 2 is 1.93 bits per heavy atom. The Morgan fingerprint density at radius 1 is 1.13 bits per heavy atom. The van der Waals surface area contributed by atoms with E-state index in [0.717, 1.165) is 38.2 Å². The van der Waals surface area contributed by atoms with Gasteiger partial charge in [-0.05, 0) is 30.9 Å². The Bertz CT molecular complexity index is 271. The van der Waals surface area contributed by atoms with Crippen molar-refractivity contribution in [2.75, 3.05) is 20.3 Å². The lowest BCUT2D eigenvalue weighted by molar-refractivity contribution is 0.132. The zero-order chi connectivity index (χ0) is 10.9. The van der Waals surface area contributed by atoms with Gasteiger partial charge < -0.3 is 9.47 Å². The van der Waals surface area contributed by atoms with E-state index < -0.39 is 0 Å². The molecule has 15 heavy (non-hydrogen) atoms. The molecule has 0 unspecified atom stereocenters. The summed E-state index contributed by atoms with van der Waals surface area (Å²) in [5, 5.41) is 0. The molecule has 0 amide bonds. The summed E-state index contributed by atoms with van der Waals surface area (Å²) in [7, 11) is 1.71. The van der Waals surface area contributed by atoms with E-state index in [2.05, 4.69) is 13.0 Å². The fourth-order valence-electron chi connectivity index (χ4n) is 1.52. The van der Waals surface area contributed by atoms with Gasteiger partial charge in [0.1, 0.15) is 5.75 Å². The summed E-state index contributed by atoms with van der Waals surface area (Å²) in [4.78, 5) is 0. The Balaban J connectivity index is 2.30. The van der Waals surface area contributed by atoms with Crippen LogP contribution in [0, 0.1) is 0 Å². The molecule has 1 rings (SSSR count). The molecule has 0 spiro atoms. The number of para-hydroxylation sites is 1. The summed E-state index contributed by atoms with van der Waals surface area (Å²) in [5.74, 6) is 0.980. The van der Waals surface area contributed by atoms with Gasteiger partial charge in [0.2, 0.25) is 0 Å². The first kappa shape index (κ1) is 12.1. The van der Waals surface area contributed by atoms with Crippen LogP contribution in [0.4, 0.5) is 0 Å². The van der Waals surface area contributed by atoms with Crippen molar-refractivity contribution in [3.8, 4) is 5.75 Å². The summed E-state index contributed by atoms with van der Waals surface area (Å²) in [6.07, 6.45) is 3.17. The van der Waals surface area contributed by atoms with Crippen LogP contribution in [0.5, 0.6) is 5.75 Å². The highest BCUT2D eigenvalue weighted by atomic mass is 16.5. The lowest BCUT2D eigenvalue weighted by Crippen LogP contribution is -1.99. The highest BCUT2D eigenvalue weighted by molar-refractivity contribution is 5.33. The van der Waals surface area contributed by atoms with Gasteiger partial charge in [-0.1, -0.05) is 25.1 Å². The van der Waals surface area contributed by atoms with Crippen LogP contribution in [0.25, 0.3) is 0 Å². The van der Waals surface area contributed by atoms with E-state index in [1.165, 1.54) is 5.56 Å². The minimum Gasteiger partial charge on any atom is -0.496 e. The Labute approximate surface area is 92.2 Å². The molecule has 0 aliphatic heterocycles. The third kappa shape index (κ3) is 4.34. The van der Waals surface area contributed by atoms with Crippen molar-refractivity contribution in [3.05, 3.63) is 29.8 Å². The van der Waals surface area contributed by atoms with E-state index in [9.17, 15) is 0 Å². The summed E-state index contributed by atoms with van der Waals surface area (Å²) in [5.41, 5.74) is 1.26. The standard InChI is InChI=1S/C13H20O2/c1-3-10-15-11-6-8-12-7-4-5-9-13(12)14-2/h4-5,7,9H,3,6,8,10-11H2,1-2H3. The summed E-state index contributed by atoms with van der Waals surface area (Å²) < 4.78 is 10.7. The van der Waals surface area contributed by atoms with Crippen LogP contribution in [0.15, 0.2) is 24.3 Å². The Hall–Kier alpha value is -1.02. The molecule has 0 aliphatic carbocycles. The average Bonchev–Trinajstić information content (AvgIpc) is 2.29. The van der Waals surface area contributed by atoms with Crippen LogP contribution >= 0.6 is 0 Å². The highest BCUT2D eigenvalue weighted by Gasteiger charge is 2.00. The molecular weight excluding hydrogens is 188 g/mol. The second-order valence-electron chi connectivity index (χ2n) is 3.53. The second-order valence-corrected chi connectivity index (χ2v) is 3.53. The number of ether oxygens (including phenoxy) is 2. The molecule has 2 nitrogen and oxygen atoms in total. The van der Waals surface area contributed by atoms with Gasteiger partial charge in [-0.3, -0.25) is 0 Å². The number of rotatable bonds is 7. The van der Waals surface area contributed by atoms with Gasteiger partial charge >= 0.3 is 0 Å². The SMILES string of the molecule is CCCOCCCc1ccccc1OC. The molecule has 0 bridgehead atoms. The minimum absolute atomic E-state index is 0.839. The van der Waals surface area contributed by atoms with Gasteiger partial charge in [0.15, 0.2) is 0 Å². The molecular formula is C13H20O2. The molecule has 1 aromatic carbocycles. The molecule has 0 atom stereocenters. The number of benzene rings is 1. The van der Waals surface area contributed by atoms with Crippen molar-refractivity contribution in [1.29, 1.82) is 0 Å². The van der Waals surface area contributed by atoms with Crippen molar-refractivity contribution in [2.24, 2.45) is 0 Å².